The van der Waals surface area contributed by atoms with Gasteiger partial charge in [-0.2, -0.15) is 5.26 Å². The molecule has 0 saturated carbocycles. The monoisotopic (exact) mass is 288 g/mol. The molecular formula is C14H10F2N4O. The predicted molar refractivity (Wildman–Crippen MR) is 69.0 cm³/mol. The zero-order valence-electron chi connectivity index (χ0n) is 11.0. The topological polar surface area (TPSA) is 78.7 Å². The highest BCUT2D eigenvalue weighted by Crippen LogP contribution is 2.16. The molecular weight excluding hydrogens is 278 g/mol. The largest absolute Gasteiger partial charge is 0.344 e. The second-order valence-corrected chi connectivity index (χ2v) is 4.27. The van der Waals surface area contributed by atoms with Crippen LogP contribution < -0.4 is 5.32 Å². The molecule has 0 saturated heterocycles. The van der Waals surface area contributed by atoms with Crippen LogP contribution in [-0.4, -0.2) is 15.9 Å². The van der Waals surface area contributed by atoms with Crippen LogP contribution in [0.4, 0.5) is 8.78 Å². The third-order valence-electron chi connectivity index (χ3n) is 2.77. The van der Waals surface area contributed by atoms with Crippen molar-refractivity contribution in [2.45, 2.75) is 13.0 Å². The number of benzene rings is 1. The summed E-state index contributed by atoms with van der Waals surface area (Å²) in [6.45, 7) is 1.62. The Balaban J connectivity index is 2.14. The van der Waals surface area contributed by atoms with Gasteiger partial charge in [0.25, 0.3) is 5.91 Å². The third-order valence-corrected chi connectivity index (χ3v) is 2.77. The summed E-state index contributed by atoms with van der Waals surface area (Å²) in [6, 6.07) is 4.60. The fraction of sp³-hybridized carbons (Fsp3) is 0.143. The van der Waals surface area contributed by atoms with Gasteiger partial charge in [0, 0.05) is 0 Å². The summed E-state index contributed by atoms with van der Waals surface area (Å²) in [6.07, 6.45) is 2.45. The molecule has 1 aromatic carbocycles. The van der Waals surface area contributed by atoms with E-state index in [2.05, 4.69) is 15.3 Å². The van der Waals surface area contributed by atoms with Crippen molar-refractivity contribution in [3.05, 3.63) is 59.2 Å². The van der Waals surface area contributed by atoms with Gasteiger partial charge in [0.2, 0.25) is 0 Å². The molecule has 0 aliphatic carbocycles. The third kappa shape index (κ3) is 3.36. The molecule has 0 aliphatic heterocycles. The molecule has 0 fully saturated rings. The van der Waals surface area contributed by atoms with Crippen molar-refractivity contribution in [2.75, 3.05) is 0 Å². The van der Waals surface area contributed by atoms with Crippen LogP contribution in [0.15, 0.2) is 30.6 Å². The van der Waals surface area contributed by atoms with E-state index in [0.29, 0.717) is 5.56 Å². The molecule has 1 amide bonds. The van der Waals surface area contributed by atoms with Crippen molar-refractivity contribution in [3.63, 3.8) is 0 Å². The summed E-state index contributed by atoms with van der Waals surface area (Å²) in [5.74, 6) is -2.50. The summed E-state index contributed by atoms with van der Waals surface area (Å²) in [4.78, 5) is 19.5. The summed E-state index contributed by atoms with van der Waals surface area (Å²) in [5, 5.41) is 11.3. The lowest BCUT2D eigenvalue weighted by Gasteiger charge is -2.14. The molecule has 1 unspecified atom stereocenters. The normalized spacial score (nSPS) is 11.5. The molecule has 21 heavy (non-hydrogen) atoms. The summed E-state index contributed by atoms with van der Waals surface area (Å²) in [5.41, 5.74) is 0.401. The Morgan fingerprint density at radius 2 is 2.10 bits per heavy atom. The lowest BCUT2D eigenvalue weighted by Crippen LogP contribution is -2.27. The zero-order chi connectivity index (χ0) is 15.4. The van der Waals surface area contributed by atoms with E-state index < -0.39 is 23.6 Å². The molecule has 1 atom stereocenters. The molecule has 7 heteroatoms. The molecule has 2 aromatic rings. The molecule has 1 heterocycles. The quantitative estimate of drug-likeness (QED) is 0.938. The highest BCUT2D eigenvalue weighted by molar-refractivity contribution is 5.92. The number of nitriles is 1. The zero-order valence-corrected chi connectivity index (χ0v) is 11.0. The van der Waals surface area contributed by atoms with Crippen LogP contribution in [0, 0.1) is 23.0 Å². The van der Waals surface area contributed by atoms with Crippen LogP contribution in [0.3, 0.4) is 0 Å². The Bertz CT molecular complexity index is 727. The number of halogens is 2. The van der Waals surface area contributed by atoms with Gasteiger partial charge in [-0.3, -0.25) is 9.78 Å². The second-order valence-electron chi connectivity index (χ2n) is 4.27. The number of carbonyl (C=O) groups is 1. The number of nitrogens with zero attached hydrogens (tertiary/aromatic N) is 3. The maximum absolute atomic E-state index is 13.2. The number of carbonyl (C=O) groups excluding carboxylic acids is 1. The Kier molecular flexibility index (Phi) is 4.18. The van der Waals surface area contributed by atoms with Gasteiger partial charge in [0.1, 0.15) is 11.8 Å². The van der Waals surface area contributed by atoms with Gasteiger partial charge >= 0.3 is 0 Å². The van der Waals surface area contributed by atoms with Crippen LogP contribution in [0.25, 0.3) is 0 Å². The van der Waals surface area contributed by atoms with E-state index >= 15 is 0 Å². The van der Waals surface area contributed by atoms with E-state index in [1.165, 1.54) is 18.5 Å². The number of nitrogens with one attached hydrogen (secondary N) is 1. The number of amides is 1. The van der Waals surface area contributed by atoms with E-state index in [1.807, 2.05) is 0 Å². The molecule has 1 N–H and O–H groups in total. The van der Waals surface area contributed by atoms with Crippen LogP contribution >= 0.6 is 0 Å². The fourth-order valence-corrected chi connectivity index (χ4v) is 1.66. The van der Waals surface area contributed by atoms with Gasteiger partial charge in [0.05, 0.1) is 18.4 Å². The van der Waals surface area contributed by atoms with Crippen molar-refractivity contribution in [1.82, 2.24) is 15.3 Å². The highest BCUT2D eigenvalue weighted by atomic mass is 19.2. The number of hydrogen-bond donors (Lipinski definition) is 1. The Labute approximate surface area is 119 Å². The molecule has 2 rings (SSSR count). The first-order chi connectivity index (χ1) is 10.0. The van der Waals surface area contributed by atoms with E-state index in [0.717, 1.165) is 12.1 Å². The fourth-order valence-electron chi connectivity index (χ4n) is 1.66. The molecule has 0 spiro atoms. The lowest BCUT2D eigenvalue weighted by atomic mass is 10.1. The Hall–Kier alpha value is -2.88. The van der Waals surface area contributed by atoms with Gasteiger partial charge in [0.15, 0.2) is 17.3 Å². The smallest absolute Gasteiger partial charge is 0.272 e. The van der Waals surface area contributed by atoms with Gasteiger partial charge in [-0.15, -0.1) is 0 Å². The highest BCUT2D eigenvalue weighted by Gasteiger charge is 2.15. The van der Waals surface area contributed by atoms with Gasteiger partial charge in [-0.25, -0.2) is 13.8 Å². The molecule has 0 aliphatic rings. The van der Waals surface area contributed by atoms with E-state index in [-0.39, 0.29) is 11.4 Å². The first-order valence-corrected chi connectivity index (χ1v) is 5.99. The molecule has 5 nitrogen and oxygen atoms in total. The van der Waals surface area contributed by atoms with Crippen LogP contribution in [0.2, 0.25) is 0 Å². The van der Waals surface area contributed by atoms with Crippen molar-refractivity contribution in [3.8, 4) is 6.07 Å². The van der Waals surface area contributed by atoms with E-state index in [9.17, 15) is 13.6 Å². The number of aromatic nitrogens is 2. The molecule has 106 valence electrons. The van der Waals surface area contributed by atoms with Crippen LogP contribution in [0.5, 0.6) is 0 Å². The minimum atomic E-state index is -0.986. The predicted octanol–water partition coefficient (Wildman–Crippen LogP) is 2.12. The summed E-state index contributed by atoms with van der Waals surface area (Å²) >= 11 is 0. The second kappa shape index (κ2) is 6.05. The molecule has 0 radical (unpaired) electrons. The Morgan fingerprint density at radius 3 is 2.76 bits per heavy atom. The van der Waals surface area contributed by atoms with Crippen LogP contribution in [-0.2, 0) is 0 Å². The van der Waals surface area contributed by atoms with Gasteiger partial charge < -0.3 is 5.32 Å². The van der Waals surface area contributed by atoms with E-state index in [1.54, 1.807) is 13.0 Å². The van der Waals surface area contributed by atoms with Crippen molar-refractivity contribution in [1.29, 1.82) is 5.26 Å². The maximum atomic E-state index is 13.2. The number of hydrogen-bond acceptors (Lipinski definition) is 4. The summed E-state index contributed by atoms with van der Waals surface area (Å²) in [7, 11) is 0. The van der Waals surface area contributed by atoms with E-state index in [4.69, 9.17) is 5.26 Å². The average molecular weight is 288 g/mol. The maximum Gasteiger partial charge on any atom is 0.272 e. The van der Waals surface area contributed by atoms with Crippen molar-refractivity contribution < 1.29 is 13.6 Å². The Morgan fingerprint density at radius 1 is 1.33 bits per heavy atom. The first kappa shape index (κ1) is 14.5. The minimum Gasteiger partial charge on any atom is -0.344 e. The van der Waals surface area contributed by atoms with Crippen molar-refractivity contribution in [2.24, 2.45) is 0 Å². The minimum absolute atomic E-state index is 0.0168. The first-order valence-electron chi connectivity index (χ1n) is 5.99. The standard InChI is InChI=1S/C14H10F2N4O/c1-8(9-2-3-11(15)12(16)4-9)19-14(21)13-7-18-6-10(5-17)20-13/h2-4,6-8H,1H3,(H,19,21). The SMILES string of the molecule is CC(NC(=O)c1cncc(C#N)n1)c1ccc(F)c(F)c1. The molecule has 1 aromatic heterocycles. The molecule has 0 bridgehead atoms. The number of rotatable bonds is 3. The average Bonchev–Trinajstić information content (AvgIpc) is 2.49. The van der Waals surface area contributed by atoms with Crippen LogP contribution in [0.1, 0.15) is 34.7 Å². The summed E-state index contributed by atoms with van der Waals surface area (Å²) < 4.78 is 26.0. The van der Waals surface area contributed by atoms with Gasteiger partial charge in [-0.05, 0) is 24.6 Å². The lowest BCUT2D eigenvalue weighted by molar-refractivity contribution is 0.0934. The van der Waals surface area contributed by atoms with Crippen molar-refractivity contribution >= 4 is 5.91 Å². The van der Waals surface area contributed by atoms with Gasteiger partial charge in [-0.1, -0.05) is 6.07 Å².